The Morgan fingerprint density at radius 3 is 2.50 bits per heavy atom. The van der Waals surface area contributed by atoms with Crippen LogP contribution >= 0.6 is 11.8 Å². The molecule has 1 N–H and O–H groups in total. The number of benzene rings is 1. The zero-order chi connectivity index (χ0) is 9.14. The van der Waals surface area contributed by atoms with E-state index in [2.05, 4.69) is 19.2 Å². The van der Waals surface area contributed by atoms with Crippen molar-refractivity contribution in [3.8, 4) is 0 Å². The summed E-state index contributed by atoms with van der Waals surface area (Å²) in [5, 5.41) is 9.30. The molecule has 66 valence electrons. The number of hydrogen-bond acceptors (Lipinski definition) is 2. The van der Waals surface area contributed by atoms with E-state index in [-0.39, 0.29) is 6.10 Å². The fraction of sp³-hybridized carbons (Fsp3) is 0.400. The van der Waals surface area contributed by atoms with E-state index in [4.69, 9.17) is 0 Å². The van der Waals surface area contributed by atoms with Crippen LogP contribution in [0.4, 0.5) is 0 Å². The minimum atomic E-state index is -0.361. The van der Waals surface area contributed by atoms with E-state index in [1.807, 2.05) is 12.1 Å². The molecule has 1 atom stereocenters. The van der Waals surface area contributed by atoms with Gasteiger partial charge in [0.2, 0.25) is 0 Å². The quantitative estimate of drug-likeness (QED) is 0.710. The molecule has 1 nitrogen and oxygen atoms in total. The molecule has 0 saturated carbocycles. The van der Waals surface area contributed by atoms with Crippen LogP contribution in [0.1, 0.15) is 24.2 Å². The molecule has 0 aliphatic heterocycles. The van der Waals surface area contributed by atoms with Crippen LogP contribution in [0, 0.1) is 6.92 Å². The average molecular weight is 182 g/mol. The minimum Gasteiger partial charge on any atom is -0.389 e. The lowest BCUT2D eigenvalue weighted by molar-refractivity contribution is 0.199. The zero-order valence-corrected chi connectivity index (χ0v) is 8.48. The predicted octanol–water partition coefficient (Wildman–Crippen LogP) is 2.77. The van der Waals surface area contributed by atoms with Gasteiger partial charge >= 0.3 is 0 Å². The molecule has 1 aromatic rings. The van der Waals surface area contributed by atoms with Gasteiger partial charge in [-0.1, -0.05) is 12.1 Å². The van der Waals surface area contributed by atoms with Gasteiger partial charge in [0, 0.05) is 4.90 Å². The summed E-state index contributed by atoms with van der Waals surface area (Å²) in [6.45, 7) is 3.85. The first-order valence-electron chi connectivity index (χ1n) is 3.97. The fourth-order valence-electron chi connectivity index (χ4n) is 1.16. The van der Waals surface area contributed by atoms with Crippen molar-refractivity contribution in [2.24, 2.45) is 0 Å². The largest absolute Gasteiger partial charge is 0.389 e. The van der Waals surface area contributed by atoms with Crippen molar-refractivity contribution in [1.29, 1.82) is 0 Å². The normalized spacial score (nSPS) is 13.0. The second-order valence-corrected chi connectivity index (χ2v) is 3.75. The van der Waals surface area contributed by atoms with E-state index in [9.17, 15) is 5.11 Å². The van der Waals surface area contributed by atoms with Gasteiger partial charge in [0.15, 0.2) is 0 Å². The molecule has 0 radical (unpaired) electrons. The molecule has 12 heavy (non-hydrogen) atoms. The highest BCUT2D eigenvalue weighted by Gasteiger charge is 2.02. The second kappa shape index (κ2) is 3.97. The molecule has 0 aliphatic rings. The van der Waals surface area contributed by atoms with Gasteiger partial charge in [-0.3, -0.25) is 0 Å². The Balaban J connectivity index is 3.02. The Morgan fingerprint density at radius 1 is 1.42 bits per heavy atom. The van der Waals surface area contributed by atoms with Gasteiger partial charge in [0.05, 0.1) is 6.10 Å². The summed E-state index contributed by atoms with van der Waals surface area (Å²) in [6, 6.07) is 6.07. The summed E-state index contributed by atoms with van der Waals surface area (Å²) < 4.78 is 0. The first kappa shape index (κ1) is 9.62. The van der Waals surface area contributed by atoms with Crippen LogP contribution in [0.15, 0.2) is 23.1 Å². The summed E-state index contributed by atoms with van der Waals surface area (Å²) in [4.78, 5) is 1.28. The number of aliphatic hydroxyl groups excluding tert-OH is 1. The highest BCUT2D eigenvalue weighted by Crippen LogP contribution is 2.23. The summed E-state index contributed by atoms with van der Waals surface area (Å²) in [7, 11) is 0. The van der Waals surface area contributed by atoms with Crippen molar-refractivity contribution in [1.82, 2.24) is 0 Å². The monoisotopic (exact) mass is 182 g/mol. The van der Waals surface area contributed by atoms with Crippen molar-refractivity contribution in [2.45, 2.75) is 24.8 Å². The minimum absolute atomic E-state index is 0.361. The van der Waals surface area contributed by atoms with E-state index in [1.165, 1.54) is 10.5 Å². The highest BCUT2D eigenvalue weighted by molar-refractivity contribution is 7.98. The predicted molar refractivity (Wildman–Crippen MR) is 53.6 cm³/mol. The van der Waals surface area contributed by atoms with Crippen molar-refractivity contribution in [3.63, 3.8) is 0 Å². The van der Waals surface area contributed by atoms with Gasteiger partial charge in [-0.15, -0.1) is 11.8 Å². The van der Waals surface area contributed by atoms with Gasteiger partial charge in [0.1, 0.15) is 0 Å². The maximum Gasteiger partial charge on any atom is 0.0762 e. The highest BCUT2D eigenvalue weighted by atomic mass is 32.2. The Hall–Kier alpha value is -0.470. The summed E-state index contributed by atoms with van der Waals surface area (Å²) >= 11 is 1.73. The van der Waals surface area contributed by atoms with Gasteiger partial charge in [-0.05, 0) is 37.3 Å². The lowest BCUT2D eigenvalue weighted by Crippen LogP contribution is -1.91. The molecule has 0 heterocycles. The standard InChI is InChI=1S/C10H14OS/c1-7-6-9(8(2)11)4-5-10(7)12-3/h4-6,8,11H,1-3H3. The third-order valence-corrected chi connectivity index (χ3v) is 2.80. The molecule has 2 heteroatoms. The van der Waals surface area contributed by atoms with Gasteiger partial charge in [0.25, 0.3) is 0 Å². The third kappa shape index (κ3) is 2.02. The Morgan fingerprint density at radius 2 is 2.08 bits per heavy atom. The van der Waals surface area contributed by atoms with Crippen molar-refractivity contribution in [2.75, 3.05) is 6.26 Å². The molecule has 1 unspecified atom stereocenters. The van der Waals surface area contributed by atoms with Crippen LogP contribution in [0.3, 0.4) is 0 Å². The maximum absolute atomic E-state index is 9.30. The van der Waals surface area contributed by atoms with E-state index in [0.717, 1.165) is 5.56 Å². The fourth-order valence-corrected chi connectivity index (χ4v) is 1.75. The first-order valence-corrected chi connectivity index (χ1v) is 5.20. The van der Waals surface area contributed by atoms with Crippen molar-refractivity contribution >= 4 is 11.8 Å². The summed E-state index contributed by atoms with van der Waals surface area (Å²) in [5.74, 6) is 0. The number of thioether (sulfide) groups is 1. The van der Waals surface area contributed by atoms with Gasteiger partial charge in [-0.25, -0.2) is 0 Å². The molecule has 0 spiro atoms. The van der Waals surface area contributed by atoms with Crippen LogP contribution in [0.5, 0.6) is 0 Å². The molecular weight excluding hydrogens is 168 g/mol. The average Bonchev–Trinajstić information content (AvgIpc) is 2.04. The molecule has 0 fully saturated rings. The van der Waals surface area contributed by atoms with Gasteiger partial charge < -0.3 is 5.11 Å². The lowest BCUT2D eigenvalue weighted by atomic mass is 10.1. The molecular formula is C10H14OS. The van der Waals surface area contributed by atoms with Crippen molar-refractivity contribution in [3.05, 3.63) is 29.3 Å². The van der Waals surface area contributed by atoms with Crippen LogP contribution in [-0.2, 0) is 0 Å². The van der Waals surface area contributed by atoms with Crippen LogP contribution in [-0.4, -0.2) is 11.4 Å². The molecule has 0 amide bonds. The SMILES string of the molecule is CSc1ccc(C(C)O)cc1C. The Labute approximate surface area is 77.8 Å². The number of aliphatic hydroxyl groups is 1. The smallest absolute Gasteiger partial charge is 0.0762 e. The summed E-state index contributed by atoms with van der Waals surface area (Å²) in [5.41, 5.74) is 2.23. The molecule has 0 saturated heterocycles. The van der Waals surface area contributed by atoms with Crippen LogP contribution in [0.25, 0.3) is 0 Å². The van der Waals surface area contributed by atoms with E-state index < -0.39 is 0 Å². The molecule has 1 rings (SSSR count). The second-order valence-electron chi connectivity index (χ2n) is 2.91. The van der Waals surface area contributed by atoms with E-state index in [1.54, 1.807) is 18.7 Å². The summed E-state index contributed by atoms with van der Waals surface area (Å²) in [6.07, 6.45) is 1.70. The first-order chi connectivity index (χ1) is 5.65. The maximum atomic E-state index is 9.30. The number of aryl methyl sites for hydroxylation is 1. The topological polar surface area (TPSA) is 20.2 Å². The Kier molecular flexibility index (Phi) is 3.18. The van der Waals surface area contributed by atoms with E-state index >= 15 is 0 Å². The zero-order valence-electron chi connectivity index (χ0n) is 7.66. The Bertz CT molecular complexity index is 269. The third-order valence-electron chi connectivity index (χ3n) is 1.90. The van der Waals surface area contributed by atoms with E-state index in [0.29, 0.717) is 0 Å². The molecule has 0 bridgehead atoms. The molecule has 0 aromatic heterocycles. The van der Waals surface area contributed by atoms with Crippen LogP contribution in [0.2, 0.25) is 0 Å². The van der Waals surface area contributed by atoms with Crippen molar-refractivity contribution < 1.29 is 5.11 Å². The molecule has 1 aromatic carbocycles. The van der Waals surface area contributed by atoms with Gasteiger partial charge in [-0.2, -0.15) is 0 Å². The lowest BCUT2D eigenvalue weighted by Gasteiger charge is -2.08. The number of hydrogen-bond donors (Lipinski definition) is 1. The molecule has 0 aliphatic carbocycles. The number of rotatable bonds is 2. The van der Waals surface area contributed by atoms with Crippen LogP contribution < -0.4 is 0 Å².